The topological polar surface area (TPSA) is 40.6 Å². The van der Waals surface area contributed by atoms with E-state index in [1.54, 1.807) is 0 Å². The molecule has 1 amide bonds. The Kier molecular flexibility index (Phi) is 4.13. The molecular weight excluding hydrogens is 261 g/mol. The van der Waals surface area contributed by atoms with Gasteiger partial charge < -0.3 is 4.90 Å². The summed E-state index contributed by atoms with van der Waals surface area (Å²) in [7, 11) is 0. The van der Waals surface area contributed by atoms with E-state index in [1.807, 2.05) is 0 Å². The Morgan fingerprint density at radius 2 is 1.84 bits per heavy atom. The van der Waals surface area contributed by atoms with Gasteiger partial charge in [0, 0.05) is 32.0 Å². The van der Waals surface area contributed by atoms with E-state index >= 15 is 0 Å². The molecule has 19 heavy (non-hydrogen) atoms. The number of amides is 1. The Balaban J connectivity index is 1.86. The van der Waals surface area contributed by atoms with E-state index in [2.05, 4.69) is 0 Å². The molecule has 0 bridgehead atoms. The van der Waals surface area contributed by atoms with Gasteiger partial charge in [-0.15, -0.1) is 0 Å². The third-order valence-electron chi connectivity index (χ3n) is 3.46. The first-order valence-electron chi connectivity index (χ1n) is 6.45. The van der Waals surface area contributed by atoms with E-state index in [0.717, 1.165) is 12.8 Å². The molecule has 108 valence electrons. The first-order chi connectivity index (χ1) is 8.85. The summed E-state index contributed by atoms with van der Waals surface area (Å²) >= 11 is 0. The molecule has 0 radical (unpaired) electrons. The summed E-state index contributed by atoms with van der Waals surface area (Å²) in [4.78, 5) is 25.7. The summed E-state index contributed by atoms with van der Waals surface area (Å²) in [5.41, 5.74) is 0. The van der Waals surface area contributed by atoms with Gasteiger partial charge in [-0.05, 0) is 12.8 Å². The monoisotopic (exact) mass is 278 g/mol. The van der Waals surface area contributed by atoms with Gasteiger partial charge in [0.2, 0.25) is 5.91 Å². The average molecular weight is 278 g/mol. The molecule has 0 aromatic carbocycles. The van der Waals surface area contributed by atoms with E-state index in [1.165, 1.54) is 9.80 Å². The highest BCUT2D eigenvalue weighted by molar-refractivity contribution is 5.84. The van der Waals surface area contributed by atoms with E-state index in [9.17, 15) is 22.8 Å². The SMILES string of the molecule is O=C1CCN(C(=O)CN(CC(F)(F)F)C2CC2)CC1. The van der Waals surface area contributed by atoms with E-state index in [-0.39, 0.29) is 24.3 Å². The number of hydrogen-bond donors (Lipinski definition) is 0. The fraction of sp³-hybridized carbons (Fsp3) is 0.833. The van der Waals surface area contributed by atoms with Crippen LogP contribution in [-0.4, -0.2) is 59.9 Å². The van der Waals surface area contributed by atoms with Crippen molar-refractivity contribution in [1.29, 1.82) is 0 Å². The van der Waals surface area contributed by atoms with Crippen LogP contribution in [0.15, 0.2) is 0 Å². The lowest BCUT2D eigenvalue weighted by atomic mass is 10.1. The zero-order valence-electron chi connectivity index (χ0n) is 10.6. The second-order valence-electron chi connectivity index (χ2n) is 5.17. The lowest BCUT2D eigenvalue weighted by Crippen LogP contribution is -2.47. The quantitative estimate of drug-likeness (QED) is 0.776. The smallest absolute Gasteiger partial charge is 0.341 e. The number of rotatable bonds is 4. The number of carbonyl (C=O) groups excluding carboxylic acids is 2. The van der Waals surface area contributed by atoms with Gasteiger partial charge in [0.1, 0.15) is 5.78 Å². The highest BCUT2D eigenvalue weighted by Crippen LogP contribution is 2.30. The van der Waals surface area contributed by atoms with Crippen LogP contribution in [0, 0.1) is 0 Å². The van der Waals surface area contributed by atoms with Crippen LogP contribution in [0.4, 0.5) is 13.2 Å². The first kappa shape index (κ1) is 14.3. The molecule has 0 aromatic rings. The number of likely N-dealkylation sites (tertiary alicyclic amines) is 1. The zero-order chi connectivity index (χ0) is 14.0. The van der Waals surface area contributed by atoms with Crippen molar-refractivity contribution < 1.29 is 22.8 Å². The molecule has 2 rings (SSSR count). The fourth-order valence-electron chi connectivity index (χ4n) is 2.26. The summed E-state index contributed by atoms with van der Waals surface area (Å²) in [5, 5.41) is 0. The normalized spacial score (nSPS) is 21.1. The van der Waals surface area contributed by atoms with Crippen molar-refractivity contribution in [2.75, 3.05) is 26.2 Å². The average Bonchev–Trinajstić information content (AvgIpc) is 3.10. The van der Waals surface area contributed by atoms with Gasteiger partial charge in [-0.3, -0.25) is 14.5 Å². The molecule has 7 heteroatoms. The minimum absolute atomic E-state index is 0.110. The van der Waals surface area contributed by atoms with Gasteiger partial charge in [0.25, 0.3) is 0 Å². The standard InChI is InChI=1S/C12H17F3N2O2/c13-12(14,15)8-17(9-1-2-9)7-11(19)16-5-3-10(18)4-6-16/h9H,1-8H2. The number of carbonyl (C=O) groups is 2. The summed E-state index contributed by atoms with van der Waals surface area (Å²) < 4.78 is 37.3. The molecule has 4 nitrogen and oxygen atoms in total. The Labute approximate surface area is 109 Å². The molecule has 0 N–H and O–H groups in total. The Morgan fingerprint density at radius 1 is 1.26 bits per heavy atom. The predicted molar refractivity (Wildman–Crippen MR) is 61.5 cm³/mol. The number of Topliss-reactive ketones (excluding diaryl/α,β-unsaturated/α-hetero) is 1. The van der Waals surface area contributed by atoms with Crippen LogP contribution >= 0.6 is 0 Å². The summed E-state index contributed by atoms with van der Waals surface area (Å²) in [6.45, 7) is -0.557. The lowest BCUT2D eigenvalue weighted by molar-refractivity contribution is -0.153. The molecule has 1 heterocycles. The second kappa shape index (κ2) is 5.48. The van der Waals surface area contributed by atoms with Gasteiger partial charge in [0.05, 0.1) is 13.1 Å². The minimum Gasteiger partial charge on any atom is -0.341 e. The molecule has 1 aliphatic heterocycles. The van der Waals surface area contributed by atoms with Crippen molar-refractivity contribution in [3.05, 3.63) is 0 Å². The second-order valence-corrected chi connectivity index (χ2v) is 5.17. The highest BCUT2D eigenvalue weighted by Gasteiger charge is 2.39. The van der Waals surface area contributed by atoms with Crippen molar-refractivity contribution in [3.8, 4) is 0 Å². The van der Waals surface area contributed by atoms with Crippen LogP contribution < -0.4 is 0 Å². The molecule has 1 saturated carbocycles. The molecular formula is C12H17F3N2O2. The Hall–Kier alpha value is -1.11. The molecule has 2 aliphatic rings. The predicted octanol–water partition coefficient (Wildman–Crippen LogP) is 1.20. The lowest BCUT2D eigenvalue weighted by Gasteiger charge is -2.29. The minimum atomic E-state index is -4.28. The van der Waals surface area contributed by atoms with Gasteiger partial charge in [-0.25, -0.2) is 0 Å². The maximum Gasteiger partial charge on any atom is 0.401 e. The number of piperidine rings is 1. The van der Waals surface area contributed by atoms with Crippen LogP contribution in [0.25, 0.3) is 0 Å². The van der Waals surface area contributed by atoms with E-state index < -0.39 is 12.7 Å². The van der Waals surface area contributed by atoms with E-state index in [4.69, 9.17) is 0 Å². The van der Waals surface area contributed by atoms with Crippen LogP contribution in [0.2, 0.25) is 0 Å². The molecule has 0 unspecified atom stereocenters. The highest BCUT2D eigenvalue weighted by atomic mass is 19.4. The van der Waals surface area contributed by atoms with Crippen molar-refractivity contribution in [2.24, 2.45) is 0 Å². The first-order valence-corrected chi connectivity index (χ1v) is 6.45. The third kappa shape index (κ3) is 4.49. The van der Waals surface area contributed by atoms with Crippen molar-refractivity contribution in [3.63, 3.8) is 0 Å². The Bertz CT molecular complexity index is 356. The van der Waals surface area contributed by atoms with Crippen LogP contribution in [0.3, 0.4) is 0 Å². The fourth-order valence-corrected chi connectivity index (χ4v) is 2.26. The maximum atomic E-state index is 12.4. The number of halogens is 3. The zero-order valence-corrected chi connectivity index (χ0v) is 10.6. The van der Waals surface area contributed by atoms with Gasteiger partial charge in [-0.2, -0.15) is 13.2 Å². The number of nitrogens with zero attached hydrogens (tertiary/aromatic N) is 2. The van der Waals surface area contributed by atoms with Gasteiger partial charge >= 0.3 is 6.18 Å². The molecule has 0 aromatic heterocycles. The molecule has 0 atom stereocenters. The summed E-state index contributed by atoms with van der Waals surface area (Å²) in [6, 6.07) is -0.114. The van der Waals surface area contributed by atoms with Crippen molar-refractivity contribution in [2.45, 2.75) is 37.9 Å². The maximum absolute atomic E-state index is 12.4. The Morgan fingerprint density at radius 3 is 2.32 bits per heavy atom. The third-order valence-corrected chi connectivity index (χ3v) is 3.46. The van der Waals surface area contributed by atoms with Crippen LogP contribution in [0.1, 0.15) is 25.7 Å². The number of hydrogen-bond acceptors (Lipinski definition) is 3. The largest absolute Gasteiger partial charge is 0.401 e. The van der Waals surface area contributed by atoms with Crippen molar-refractivity contribution in [1.82, 2.24) is 9.80 Å². The van der Waals surface area contributed by atoms with Crippen molar-refractivity contribution >= 4 is 11.7 Å². The summed E-state index contributed by atoms with van der Waals surface area (Å²) in [6.07, 6.45) is -2.20. The van der Waals surface area contributed by atoms with E-state index in [0.29, 0.717) is 25.9 Å². The van der Waals surface area contributed by atoms with Gasteiger partial charge in [0.15, 0.2) is 0 Å². The van der Waals surface area contributed by atoms with Gasteiger partial charge in [-0.1, -0.05) is 0 Å². The number of alkyl halides is 3. The van der Waals surface area contributed by atoms with Crippen LogP contribution in [-0.2, 0) is 9.59 Å². The molecule has 1 saturated heterocycles. The van der Waals surface area contributed by atoms with Crippen LogP contribution in [0.5, 0.6) is 0 Å². The molecule has 0 spiro atoms. The molecule has 2 fully saturated rings. The number of ketones is 1. The molecule has 1 aliphatic carbocycles. The summed E-state index contributed by atoms with van der Waals surface area (Å²) in [5.74, 6) is -0.193.